The Balaban J connectivity index is 0.000000283. The molecule has 0 amide bonds. The van der Waals surface area contributed by atoms with Crippen molar-refractivity contribution < 1.29 is 19.4 Å². The molecule has 0 heterocycles. The average Bonchev–Trinajstić information content (AvgIpc) is 2.71. The number of rotatable bonds is 10. The van der Waals surface area contributed by atoms with E-state index in [9.17, 15) is 9.59 Å². The van der Waals surface area contributed by atoms with Crippen LogP contribution in [0.3, 0.4) is 0 Å². The topological polar surface area (TPSA) is 63.6 Å². The molecule has 0 spiro atoms. The van der Waals surface area contributed by atoms with Crippen LogP contribution in [0.15, 0.2) is 60.7 Å². The fourth-order valence-electron chi connectivity index (χ4n) is 2.78. The smallest absolute Gasteiger partial charge is 0.305 e. The van der Waals surface area contributed by atoms with Crippen LogP contribution in [0.2, 0.25) is 0 Å². The molecular weight excluding hydrogens is 352 g/mol. The van der Waals surface area contributed by atoms with Crippen LogP contribution in [0.4, 0.5) is 0 Å². The Bertz CT molecular complexity index is 668. The summed E-state index contributed by atoms with van der Waals surface area (Å²) in [4.78, 5) is 21.2. The van der Waals surface area contributed by atoms with Gasteiger partial charge in [0.1, 0.15) is 0 Å². The summed E-state index contributed by atoms with van der Waals surface area (Å²) >= 11 is 0. The van der Waals surface area contributed by atoms with E-state index in [1.165, 1.54) is 18.2 Å². The Hall–Kier alpha value is -2.62. The van der Waals surface area contributed by atoms with Crippen molar-refractivity contribution in [3.05, 3.63) is 71.8 Å². The summed E-state index contributed by atoms with van der Waals surface area (Å²) < 4.78 is 4.63. The van der Waals surface area contributed by atoms with E-state index < -0.39 is 5.97 Å². The number of benzene rings is 2. The molecule has 0 radical (unpaired) electrons. The number of hydrogen-bond acceptors (Lipinski definition) is 3. The molecule has 0 aliphatic heterocycles. The lowest BCUT2D eigenvalue weighted by Gasteiger charge is -2.09. The van der Waals surface area contributed by atoms with Gasteiger partial charge in [-0.25, -0.2) is 0 Å². The lowest BCUT2D eigenvalue weighted by Crippen LogP contribution is -2.07. The van der Waals surface area contributed by atoms with Crippen LogP contribution in [0.1, 0.15) is 50.2 Å². The molecule has 1 unspecified atom stereocenters. The second kappa shape index (κ2) is 14.4. The van der Waals surface area contributed by atoms with Gasteiger partial charge in [0, 0.05) is 12.8 Å². The minimum absolute atomic E-state index is 0.115. The van der Waals surface area contributed by atoms with Gasteiger partial charge in [0.25, 0.3) is 0 Å². The molecule has 4 heteroatoms. The van der Waals surface area contributed by atoms with Crippen molar-refractivity contribution >= 4 is 11.9 Å². The van der Waals surface area contributed by atoms with Gasteiger partial charge in [-0.2, -0.15) is 0 Å². The number of carbonyl (C=O) groups excluding carboxylic acids is 1. The number of aliphatic carboxylic acids is 1. The Kier molecular flexibility index (Phi) is 12.1. The SMILES string of the molecule is COC(=O)CC(C)CCc1ccccc1.O=C(O)CCCCc1ccccc1. The maximum atomic E-state index is 11.0. The number of esters is 1. The lowest BCUT2D eigenvalue weighted by molar-refractivity contribution is -0.141. The Labute approximate surface area is 168 Å². The average molecular weight is 385 g/mol. The molecule has 2 aromatic rings. The number of aryl methyl sites for hydroxylation is 2. The van der Waals surface area contributed by atoms with Crippen LogP contribution in [0, 0.1) is 5.92 Å². The highest BCUT2D eigenvalue weighted by atomic mass is 16.5. The minimum atomic E-state index is -0.701. The van der Waals surface area contributed by atoms with Crippen molar-refractivity contribution in [1.29, 1.82) is 0 Å². The lowest BCUT2D eigenvalue weighted by atomic mass is 9.98. The van der Waals surface area contributed by atoms with Crippen LogP contribution in [0.5, 0.6) is 0 Å². The highest BCUT2D eigenvalue weighted by Crippen LogP contribution is 2.13. The molecule has 4 nitrogen and oxygen atoms in total. The summed E-state index contributed by atoms with van der Waals surface area (Å²) in [5, 5.41) is 8.41. The van der Waals surface area contributed by atoms with Gasteiger partial charge in [0.2, 0.25) is 0 Å². The molecule has 2 rings (SSSR count). The molecule has 0 aliphatic carbocycles. The zero-order valence-electron chi connectivity index (χ0n) is 17.0. The predicted octanol–water partition coefficient (Wildman–Crippen LogP) is 5.30. The summed E-state index contributed by atoms with van der Waals surface area (Å²) in [6, 6.07) is 20.5. The molecule has 0 fully saturated rings. The number of unbranched alkanes of at least 4 members (excludes halogenated alkanes) is 1. The van der Waals surface area contributed by atoms with Crippen molar-refractivity contribution in [3.8, 4) is 0 Å². The van der Waals surface area contributed by atoms with Gasteiger partial charge in [0.05, 0.1) is 7.11 Å². The highest BCUT2D eigenvalue weighted by molar-refractivity contribution is 5.69. The Morgan fingerprint density at radius 1 is 0.893 bits per heavy atom. The van der Waals surface area contributed by atoms with E-state index in [1.807, 2.05) is 36.4 Å². The first-order chi connectivity index (χ1) is 13.5. The molecule has 1 atom stereocenters. The van der Waals surface area contributed by atoms with Crippen molar-refractivity contribution in [3.63, 3.8) is 0 Å². The van der Waals surface area contributed by atoms with Crippen LogP contribution in [0.25, 0.3) is 0 Å². The first kappa shape index (κ1) is 23.4. The molecule has 28 heavy (non-hydrogen) atoms. The van der Waals surface area contributed by atoms with E-state index in [-0.39, 0.29) is 12.4 Å². The Morgan fingerprint density at radius 3 is 1.93 bits per heavy atom. The van der Waals surface area contributed by atoms with Crippen molar-refractivity contribution in [1.82, 2.24) is 0 Å². The summed E-state index contributed by atoms with van der Waals surface area (Å²) in [5.41, 5.74) is 2.61. The fourth-order valence-corrected chi connectivity index (χ4v) is 2.78. The van der Waals surface area contributed by atoms with E-state index in [1.54, 1.807) is 0 Å². The third-order valence-electron chi connectivity index (χ3n) is 4.46. The normalized spacial score (nSPS) is 11.1. The monoisotopic (exact) mass is 384 g/mol. The maximum Gasteiger partial charge on any atom is 0.305 e. The van der Waals surface area contributed by atoms with Crippen LogP contribution >= 0.6 is 0 Å². The third kappa shape index (κ3) is 11.9. The van der Waals surface area contributed by atoms with Crippen molar-refractivity contribution in [2.24, 2.45) is 5.92 Å². The van der Waals surface area contributed by atoms with E-state index >= 15 is 0 Å². The van der Waals surface area contributed by atoms with Crippen molar-refractivity contribution in [2.75, 3.05) is 7.11 Å². The standard InChI is InChI=1S/C13H18O2.C11H14O2/c1-11(10-13(14)15-2)8-9-12-6-4-3-5-7-12;12-11(13)9-5-4-8-10-6-2-1-3-7-10/h3-7,11H,8-10H2,1-2H3;1-3,6-7H,4-5,8-9H2,(H,12,13). The van der Waals surface area contributed by atoms with Gasteiger partial charge in [-0.05, 0) is 49.1 Å². The summed E-state index contributed by atoms with van der Waals surface area (Å²) in [7, 11) is 1.44. The molecule has 0 saturated carbocycles. The zero-order valence-corrected chi connectivity index (χ0v) is 17.0. The molecule has 152 valence electrons. The maximum absolute atomic E-state index is 11.0. The Morgan fingerprint density at radius 2 is 1.43 bits per heavy atom. The number of ether oxygens (including phenoxy) is 1. The van der Waals surface area contributed by atoms with Crippen molar-refractivity contribution in [2.45, 2.75) is 51.9 Å². The molecule has 1 N–H and O–H groups in total. The molecule has 0 aliphatic rings. The minimum Gasteiger partial charge on any atom is -0.481 e. The molecule has 0 bridgehead atoms. The first-order valence-corrected chi connectivity index (χ1v) is 9.87. The van der Waals surface area contributed by atoms with Gasteiger partial charge in [-0.3, -0.25) is 9.59 Å². The van der Waals surface area contributed by atoms with Gasteiger partial charge >= 0.3 is 11.9 Å². The van der Waals surface area contributed by atoms with E-state index in [2.05, 4.69) is 35.9 Å². The van der Waals surface area contributed by atoms with Crippen LogP contribution in [-0.4, -0.2) is 24.2 Å². The highest BCUT2D eigenvalue weighted by Gasteiger charge is 2.08. The number of methoxy groups -OCH3 is 1. The third-order valence-corrected chi connectivity index (χ3v) is 4.46. The number of hydrogen-bond donors (Lipinski definition) is 1. The second-order valence-electron chi connectivity index (χ2n) is 7.00. The van der Waals surface area contributed by atoms with Gasteiger partial charge < -0.3 is 9.84 Å². The quantitative estimate of drug-likeness (QED) is 0.446. The fraction of sp³-hybridized carbons (Fsp3) is 0.417. The van der Waals surface area contributed by atoms with Gasteiger partial charge in [-0.15, -0.1) is 0 Å². The van der Waals surface area contributed by atoms with E-state index in [4.69, 9.17) is 5.11 Å². The zero-order chi connectivity index (χ0) is 20.6. The summed E-state index contributed by atoms with van der Waals surface area (Å²) in [6.07, 6.45) is 5.56. The summed E-state index contributed by atoms with van der Waals surface area (Å²) in [5.74, 6) is -0.429. The largest absolute Gasteiger partial charge is 0.481 e. The molecule has 0 saturated heterocycles. The predicted molar refractivity (Wildman–Crippen MR) is 112 cm³/mol. The van der Waals surface area contributed by atoms with E-state index in [0.29, 0.717) is 12.3 Å². The number of carboxylic acid groups (broad SMARTS) is 1. The number of carboxylic acids is 1. The summed E-state index contributed by atoms with van der Waals surface area (Å²) in [6.45, 7) is 2.08. The van der Waals surface area contributed by atoms with E-state index in [0.717, 1.165) is 32.1 Å². The molecular formula is C24H32O4. The van der Waals surface area contributed by atoms with Crippen LogP contribution < -0.4 is 0 Å². The molecule has 2 aromatic carbocycles. The second-order valence-corrected chi connectivity index (χ2v) is 7.00. The number of carbonyl (C=O) groups is 2. The molecule has 0 aromatic heterocycles. The van der Waals surface area contributed by atoms with Gasteiger partial charge in [0.15, 0.2) is 0 Å². The first-order valence-electron chi connectivity index (χ1n) is 9.87. The van der Waals surface area contributed by atoms with Crippen LogP contribution in [-0.2, 0) is 27.2 Å². The van der Waals surface area contributed by atoms with Gasteiger partial charge in [-0.1, -0.05) is 67.6 Å².